The number of halogens is 1. The molecule has 0 unspecified atom stereocenters. The fraction of sp³-hybridized carbons (Fsp3) is 0.333. The van der Waals surface area contributed by atoms with Crippen LogP contribution in [0, 0.1) is 6.92 Å². The van der Waals surface area contributed by atoms with Crippen LogP contribution >= 0.6 is 15.9 Å². The molecule has 2 aromatic carbocycles. The summed E-state index contributed by atoms with van der Waals surface area (Å²) in [5.41, 5.74) is 1.89. The first kappa shape index (κ1) is 23.9. The molecule has 9 nitrogen and oxygen atoms in total. The van der Waals surface area contributed by atoms with Crippen molar-refractivity contribution in [3.8, 4) is 5.75 Å². The van der Waals surface area contributed by atoms with Gasteiger partial charge in [-0.05, 0) is 37.3 Å². The van der Waals surface area contributed by atoms with E-state index in [9.17, 15) is 9.59 Å². The van der Waals surface area contributed by atoms with E-state index in [1.165, 1.54) is 4.68 Å². The monoisotopic (exact) mass is 527 g/mol. The lowest BCUT2D eigenvalue weighted by molar-refractivity contribution is -0.137. The molecule has 0 spiro atoms. The number of rotatable bonds is 6. The van der Waals surface area contributed by atoms with Crippen molar-refractivity contribution in [1.29, 1.82) is 0 Å². The van der Waals surface area contributed by atoms with Crippen LogP contribution < -0.4 is 15.2 Å². The van der Waals surface area contributed by atoms with Crippen LogP contribution in [0.5, 0.6) is 5.75 Å². The number of amides is 1. The van der Waals surface area contributed by atoms with Crippen molar-refractivity contribution in [3.05, 3.63) is 62.6 Å². The van der Waals surface area contributed by atoms with Crippen molar-refractivity contribution in [1.82, 2.24) is 14.6 Å². The van der Waals surface area contributed by atoms with Gasteiger partial charge in [0.2, 0.25) is 0 Å². The number of benzene rings is 2. The summed E-state index contributed by atoms with van der Waals surface area (Å²) in [6, 6.07) is 11.0. The molecule has 1 aromatic heterocycles. The van der Waals surface area contributed by atoms with Gasteiger partial charge in [0.1, 0.15) is 11.6 Å². The largest absolute Gasteiger partial charge is 0.483 e. The second-order valence-electron chi connectivity index (χ2n) is 8.08. The molecule has 0 N–H and O–H groups in total. The molecule has 0 aliphatic carbocycles. The van der Waals surface area contributed by atoms with Crippen LogP contribution in [0.3, 0.4) is 0 Å². The Morgan fingerprint density at radius 2 is 2.00 bits per heavy atom. The SMILES string of the molecule is Cc1nc2ccc(Br)cc2c(=O)n1N=Cc1ccc(N(C)C)cc1OCC(=O)N1CCOCC1. The number of aromatic nitrogens is 2. The maximum atomic E-state index is 13.0. The number of anilines is 1. The fourth-order valence-corrected chi connectivity index (χ4v) is 3.95. The Morgan fingerprint density at radius 3 is 2.74 bits per heavy atom. The Hall–Kier alpha value is -3.24. The van der Waals surface area contributed by atoms with E-state index < -0.39 is 0 Å². The van der Waals surface area contributed by atoms with Gasteiger partial charge >= 0.3 is 0 Å². The van der Waals surface area contributed by atoms with Crippen LogP contribution in [0.2, 0.25) is 0 Å². The lowest BCUT2D eigenvalue weighted by atomic mass is 10.2. The Labute approximate surface area is 205 Å². The van der Waals surface area contributed by atoms with Crippen LogP contribution in [-0.4, -0.2) is 73.7 Å². The first-order valence-electron chi connectivity index (χ1n) is 10.9. The van der Waals surface area contributed by atoms with Crippen LogP contribution in [0.1, 0.15) is 11.4 Å². The smallest absolute Gasteiger partial charge is 0.282 e. The molecule has 34 heavy (non-hydrogen) atoms. The van der Waals surface area contributed by atoms with E-state index >= 15 is 0 Å². The summed E-state index contributed by atoms with van der Waals surface area (Å²) in [4.78, 5) is 33.8. The summed E-state index contributed by atoms with van der Waals surface area (Å²) in [6.45, 7) is 3.81. The molecule has 1 saturated heterocycles. The third kappa shape index (κ3) is 5.28. The lowest BCUT2D eigenvalue weighted by Gasteiger charge is -2.27. The minimum atomic E-state index is -0.269. The van der Waals surface area contributed by atoms with Crippen LogP contribution in [0.4, 0.5) is 5.69 Å². The van der Waals surface area contributed by atoms with E-state index in [1.807, 2.05) is 43.3 Å². The summed E-state index contributed by atoms with van der Waals surface area (Å²) in [5.74, 6) is 0.863. The number of morpholine rings is 1. The average molecular weight is 528 g/mol. The van der Waals surface area contributed by atoms with Crippen molar-refractivity contribution >= 4 is 44.6 Å². The zero-order chi connectivity index (χ0) is 24.2. The minimum absolute atomic E-state index is 0.0950. The molecule has 0 bridgehead atoms. The molecule has 2 heterocycles. The normalized spacial score (nSPS) is 14.1. The molecule has 4 rings (SSSR count). The van der Waals surface area contributed by atoms with Gasteiger partial charge in [0, 0.05) is 49.0 Å². The standard InChI is InChI=1S/C24H26BrN5O4/c1-16-27-21-7-5-18(25)12-20(21)24(32)30(16)26-14-17-4-6-19(28(2)3)13-22(17)34-15-23(31)29-8-10-33-11-9-29/h4-7,12-14H,8-11,15H2,1-3H3. The van der Waals surface area contributed by atoms with Gasteiger partial charge in [-0.25, -0.2) is 4.98 Å². The van der Waals surface area contributed by atoms with Crippen LogP contribution in [0.15, 0.2) is 50.8 Å². The molecule has 1 fully saturated rings. The zero-order valence-corrected chi connectivity index (χ0v) is 20.9. The summed E-state index contributed by atoms with van der Waals surface area (Å²) in [6.07, 6.45) is 1.55. The van der Waals surface area contributed by atoms with Crippen molar-refractivity contribution in [3.63, 3.8) is 0 Å². The topological polar surface area (TPSA) is 89.3 Å². The molecule has 0 saturated carbocycles. The quantitative estimate of drug-likeness (QED) is 0.458. The number of hydrogen-bond acceptors (Lipinski definition) is 7. The molecule has 3 aromatic rings. The molecule has 1 amide bonds. The number of carbonyl (C=O) groups is 1. The maximum Gasteiger partial charge on any atom is 0.282 e. The van der Waals surface area contributed by atoms with Gasteiger partial charge in [-0.15, -0.1) is 0 Å². The van der Waals surface area contributed by atoms with Crippen LogP contribution in [-0.2, 0) is 9.53 Å². The summed E-state index contributed by atoms with van der Waals surface area (Å²) >= 11 is 3.40. The molecule has 1 aliphatic heterocycles. The van der Waals surface area contributed by atoms with Gasteiger partial charge < -0.3 is 19.3 Å². The third-order valence-electron chi connectivity index (χ3n) is 5.51. The number of fused-ring (bicyclic) bond motifs is 1. The van der Waals surface area contributed by atoms with E-state index in [0.29, 0.717) is 54.3 Å². The highest BCUT2D eigenvalue weighted by molar-refractivity contribution is 9.10. The van der Waals surface area contributed by atoms with Gasteiger partial charge in [0.15, 0.2) is 6.61 Å². The molecule has 0 atom stereocenters. The van der Waals surface area contributed by atoms with Gasteiger partial charge in [-0.2, -0.15) is 9.78 Å². The zero-order valence-electron chi connectivity index (χ0n) is 19.3. The Kier molecular flexibility index (Phi) is 7.28. The number of aryl methyl sites for hydroxylation is 1. The lowest BCUT2D eigenvalue weighted by Crippen LogP contribution is -2.43. The summed E-state index contributed by atoms with van der Waals surface area (Å²) in [5, 5.41) is 4.87. The highest BCUT2D eigenvalue weighted by atomic mass is 79.9. The molecule has 0 radical (unpaired) electrons. The summed E-state index contributed by atoms with van der Waals surface area (Å²) < 4.78 is 13.3. The van der Waals surface area contributed by atoms with Gasteiger partial charge in [0.05, 0.1) is 30.3 Å². The maximum absolute atomic E-state index is 13.0. The molecular formula is C24H26BrN5O4. The predicted octanol–water partition coefficient (Wildman–Crippen LogP) is 2.65. The van der Waals surface area contributed by atoms with Crippen molar-refractivity contribution in [2.24, 2.45) is 5.10 Å². The number of nitrogens with zero attached hydrogens (tertiary/aromatic N) is 5. The van der Waals surface area contributed by atoms with Crippen molar-refractivity contribution < 1.29 is 14.3 Å². The van der Waals surface area contributed by atoms with E-state index in [1.54, 1.807) is 30.2 Å². The van der Waals surface area contributed by atoms with E-state index in [4.69, 9.17) is 9.47 Å². The third-order valence-corrected chi connectivity index (χ3v) is 6.00. The number of hydrogen-bond donors (Lipinski definition) is 0. The van der Waals surface area contributed by atoms with E-state index in [2.05, 4.69) is 26.0 Å². The van der Waals surface area contributed by atoms with Crippen molar-refractivity contribution in [2.75, 3.05) is 51.9 Å². The van der Waals surface area contributed by atoms with Gasteiger partial charge in [-0.3, -0.25) is 9.59 Å². The highest BCUT2D eigenvalue weighted by Crippen LogP contribution is 2.24. The Balaban J connectivity index is 1.63. The number of ether oxygens (including phenoxy) is 2. The second-order valence-corrected chi connectivity index (χ2v) is 9.00. The van der Waals surface area contributed by atoms with Crippen molar-refractivity contribution in [2.45, 2.75) is 6.92 Å². The van der Waals surface area contributed by atoms with Crippen LogP contribution in [0.25, 0.3) is 10.9 Å². The van der Waals surface area contributed by atoms with E-state index in [0.717, 1.165) is 10.2 Å². The second kappa shape index (κ2) is 10.4. The minimum Gasteiger partial charge on any atom is -0.483 e. The Bertz CT molecular complexity index is 1300. The van der Waals surface area contributed by atoms with E-state index in [-0.39, 0.29) is 18.1 Å². The molecule has 1 aliphatic rings. The summed E-state index contributed by atoms with van der Waals surface area (Å²) in [7, 11) is 3.85. The number of carbonyl (C=O) groups excluding carboxylic acids is 1. The molecule has 178 valence electrons. The molecule has 10 heteroatoms. The van der Waals surface area contributed by atoms with Gasteiger partial charge in [-0.1, -0.05) is 15.9 Å². The average Bonchev–Trinajstić information content (AvgIpc) is 2.83. The first-order chi connectivity index (χ1) is 16.3. The fourth-order valence-electron chi connectivity index (χ4n) is 3.59. The predicted molar refractivity (Wildman–Crippen MR) is 135 cm³/mol. The molecular weight excluding hydrogens is 502 g/mol. The van der Waals surface area contributed by atoms with Gasteiger partial charge in [0.25, 0.3) is 11.5 Å². The Morgan fingerprint density at radius 1 is 1.24 bits per heavy atom. The first-order valence-corrected chi connectivity index (χ1v) is 11.7. The highest BCUT2D eigenvalue weighted by Gasteiger charge is 2.18.